The normalized spacial score (nSPS) is 21.6. The first kappa shape index (κ1) is 10.1. The van der Waals surface area contributed by atoms with Crippen LogP contribution in [0.15, 0.2) is 17.5 Å². The number of hydrogen-bond donors (Lipinski definition) is 1. The molecule has 3 heteroatoms. The number of ether oxygens (including phenoxy) is 1. The minimum Gasteiger partial charge on any atom is -0.379 e. The quantitative estimate of drug-likeness (QED) is 0.826. The fourth-order valence-electron chi connectivity index (χ4n) is 2.08. The minimum absolute atomic E-state index is 0.271. The number of thiophene rings is 1. The molecule has 2 rings (SSSR count). The lowest BCUT2D eigenvalue weighted by Gasteiger charge is -2.45. The molecule has 1 unspecified atom stereocenters. The van der Waals surface area contributed by atoms with Gasteiger partial charge in [0.25, 0.3) is 0 Å². The van der Waals surface area contributed by atoms with Crippen LogP contribution in [0.25, 0.3) is 0 Å². The van der Waals surface area contributed by atoms with Crippen LogP contribution in [0, 0.1) is 5.92 Å². The van der Waals surface area contributed by atoms with Gasteiger partial charge >= 0.3 is 0 Å². The summed E-state index contributed by atoms with van der Waals surface area (Å²) in [4.78, 5) is 1.46. The van der Waals surface area contributed by atoms with Crippen molar-refractivity contribution in [2.75, 3.05) is 19.8 Å². The van der Waals surface area contributed by atoms with Crippen LogP contribution in [0.4, 0.5) is 0 Å². The highest BCUT2D eigenvalue weighted by molar-refractivity contribution is 7.10. The predicted molar refractivity (Wildman–Crippen MR) is 59.7 cm³/mol. The molecule has 0 radical (unpaired) electrons. The van der Waals surface area contributed by atoms with Crippen LogP contribution in [0.2, 0.25) is 0 Å². The minimum atomic E-state index is 0.271. The fourth-order valence-corrected chi connectivity index (χ4v) is 3.09. The van der Waals surface area contributed by atoms with Crippen molar-refractivity contribution < 1.29 is 4.74 Å². The lowest BCUT2D eigenvalue weighted by atomic mass is 9.72. The van der Waals surface area contributed by atoms with Gasteiger partial charge in [0.1, 0.15) is 0 Å². The first-order valence-electron chi connectivity index (χ1n) is 5.11. The Morgan fingerprint density at radius 3 is 2.86 bits per heavy atom. The summed E-state index contributed by atoms with van der Waals surface area (Å²) in [6, 6.07) is 4.34. The Hall–Kier alpha value is -0.380. The van der Waals surface area contributed by atoms with Crippen LogP contribution in [-0.2, 0) is 10.2 Å². The van der Waals surface area contributed by atoms with Crippen molar-refractivity contribution in [2.45, 2.75) is 18.8 Å². The summed E-state index contributed by atoms with van der Waals surface area (Å²) in [5.74, 6) is 0.625. The van der Waals surface area contributed by atoms with E-state index in [0.717, 1.165) is 26.2 Å². The molecule has 0 aromatic carbocycles. The topological polar surface area (TPSA) is 35.2 Å². The SMILES string of the molecule is CC(CCN)C1(c2cccs2)COC1. The Morgan fingerprint density at radius 1 is 1.64 bits per heavy atom. The molecule has 1 aliphatic heterocycles. The van der Waals surface area contributed by atoms with Crippen LogP contribution >= 0.6 is 11.3 Å². The van der Waals surface area contributed by atoms with E-state index < -0.39 is 0 Å². The molecule has 0 saturated carbocycles. The van der Waals surface area contributed by atoms with E-state index in [2.05, 4.69) is 24.4 Å². The lowest BCUT2D eigenvalue weighted by molar-refractivity contribution is -0.0863. The Balaban J connectivity index is 2.17. The maximum absolute atomic E-state index is 5.62. The van der Waals surface area contributed by atoms with Crippen molar-refractivity contribution in [3.8, 4) is 0 Å². The molecule has 1 aliphatic rings. The van der Waals surface area contributed by atoms with Crippen molar-refractivity contribution in [1.29, 1.82) is 0 Å². The zero-order valence-corrected chi connectivity index (χ0v) is 9.35. The van der Waals surface area contributed by atoms with Crippen LogP contribution < -0.4 is 5.73 Å². The molecule has 2 nitrogen and oxygen atoms in total. The second-order valence-electron chi connectivity index (χ2n) is 4.10. The van der Waals surface area contributed by atoms with E-state index in [4.69, 9.17) is 10.5 Å². The van der Waals surface area contributed by atoms with E-state index in [1.54, 1.807) is 0 Å². The van der Waals surface area contributed by atoms with Crippen molar-refractivity contribution in [1.82, 2.24) is 0 Å². The van der Waals surface area contributed by atoms with Crippen molar-refractivity contribution in [3.05, 3.63) is 22.4 Å². The van der Waals surface area contributed by atoms with E-state index in [-0.39, 0.29) is 5.41 Å². The lowest BCUT2D eigenvalue weighted by Crippen LogP contribution is -2.51. The van der Waals surface area contributed by atoms with Gasteiger partial charge in [-0.3, -0.25) is 0 Å². The molecule has 1 saturated heterocycles. The summed E-state index contributed by atoms with van der Waals surface area (Å²) in [5, 5.41) is 2.14. The van der Waals surface area contributed by atoms with Gasteiger partial charge in [-0.25, -0.2) is 0 Å². The van der Waals surface area contributed by atoms with Gasteiger partial charge in [0.2, 0.25) is 0 Å². The van der Waals surface area contributed by atoms with Crippen molar-refractivity contribution in [3.63, 3.8) is 0 Å². The molecule has 0 bridgehead atoms. The number of hydrogen-bond acceptors (Lipinski definition) is 3. The van der Waals surface area contributed by atoms with Gasteiger partial charge in [-0.1, -0.05) is 13.0 Å². The fraction of sp³-hybridized carbons (Fsp3) is 0.636. The van der Waals surface area contributed by atoms with Gasteiger partial charge < -0.3 is 10.5 Å². The molecule has 0 amide bonds. The zero-order chi connectivity index (χ0) is 10.0. The van der Waals surface area contributed by atoms with E-state index in [1.807, 2.05) is 11.3 Å². The van der Waals surface area contributed by atoms with E-state index in [9.17, 15) is 0 Å². The molecule has 1 fully saturated rings. The smallest absolute Gasteiger partial charge is 0.0596 e. The molecule has 14 heavy (non-hydrogen) atoms. The molecule has 1 aromatic rings. The van der Waals surface area contributed by atoms with Gasteiger partial charge in [-0.05, 0) is 30.3 Å². The van der Waals surface area contributed by atoms with Crippen molar-refractivity contribution in [2.24, 2.45) is 11.7 Å². The summed E-state index contributed by atoms with van der Waals surface area (Å²) in [6.45, 7) is 4.80. The van der Waals surface area contributed by atoms with Crippen LogP contribution in [0.1, 0.15) is 18.2 Å². The second-order valence-corrected chi connectivity index (χ2v) is 5.05. The second kappa shape index (κ2) is 4.01. The molecule has 2 N–H and O–H groups in total. The first-order chi connectivity index (χ1) is 6.79. The molecule has 2 heterocycles. The van der Waals surface area contributed by atoms with E-state index in [1.165, 1.54) is 4.88 Å². The van der Waals surface area contributed by atoms with Gasteiger partial charge in [-0.2, -0.15) is 0 Å². The summed E-state index contributed by atoms with van der Waals surface area (Å²) in [6.07, 6.45) is 1.08. The maximum atomic E-state index is 5.62. The Labute approximate surface area is 89.1 Å². The van der Waals surface area contributed by atoms with Crippen LogP contribution in [0.5, 0.6) is 0 Å². The maximum Gasteiger partial charge on any atom is 0.0596 e. The third kappa shape index (κ3) is 1.49. The standard InChI is InChI=1S/C11H17NOS/c1-9(4-5-12)11(7-13-8-11)10-3-2-6-14-10/h2-3,6,9H,4-5,7-8,12H2,1H3. The molecule has 0 spiro atoms. The Bertz CT molecular complexity index is 279. The number of nitrogens with two attached hydrogens (primary N) is 1. The van der Waals surface area contributed by atoms with Gasteiger partial charge in [0.05, 0.1) is 18.6 Å². The highest BCUT2D eigenvalue weighted by Gasteiger charge is 2.45. The molecule has 1 atom stereocenters. The van der Waals surface area contributed by atoms with Crippen LogP contribution in [0.3, 0.4) is 0 Å². The number of rotatable bonds is 4. The summed E-state index contributed by atoms with van der Waals surface area (Å²) in [5.41, 5.74) is 5.89. The van der Waals surface area contributed by atoms with Crippen molar-refractivity contribution >= 4 is 11.3 Å². The van der Waals surface area contributed by atoms with Gasteiger partial charge in [-0.15, -0.1) is 11.3 Å². The third-order valence-corrected chi connectivity index (χ3v) is 4.36. The van der Waals surface area contributed by atoms with Crippen LogP contribution in [-0.4, -0.2) is 19.8 Å². The molecule has 1 aromatic heterocycles. The average Bonchev–Trinajstić information content (AvgIpc) is 2.56. The van der Waals surface area contributed by atoms with E-state index in [0.29, 0.717) is 5.92 Å². The monoisotopic (exact) mass is 211 g/mol. The summed E-state index contributed by atoms with van der Waals surface area (Å²) < 4.78 is 5.40. The molecule has 78 valence electrons. The molecular formula is C11H17NOS. The highest BCUT2D eigenvalue weighted by atomic mass is 32.1. The largest absolute Gasteiger partial charge is 0.379 e. The summed E-state index contributed by atoms with van der Waals surface area (Å²) in [7, 11) is 0. The first-order valence-corrected chi connectivity index (χ1v) is 5.99. The third-order valence-electron chi connectivity index (χ3n) is 3.27. The van der Waals surface area contributed by atoms with Gasteiger partial charge in [0.15, 0.2) is 0 Å². The zero-order valence-electron chi connectivity index (χ0n) is 8.53. The Kier molecular flexibility index (Phi) is 2.91. The Morgan fingerprint density at radius 2 is 2.43 bits per heavy atom. The average molecular weight is 211 g/mol. The predicted octanol–water partition coefficient (Wildman–Crippen LogP) is 2.00. The van der Waals surface area contributed by atoms with Gasteiger partial charge in [0, 0.05) is 4.88 Å². The summed E-state index contributed by atoms with van der Waals surface area (Å²) >= 11 is 1.84. The van der Waals surface area contributed by atoms with E-state index >= 15 is 0 Å². The molecular weight excluding hydrogens is 194 g/mol. The highest BCUT2D eigenvalue weighted by Crippen LogP contribution is 2.42. The molecule has 0 aliphatic carbocycles.